The topological polar surface area (TPSA) is 75.7 Å². The summed E-state index contributed by atoms with van der Waals surface area (Å²) in [5.41, 5.74) is 1.15. The van der Waals surface area contributed by atoms with E-state index in [2.05, 4.69) is 84.7 Å². The molecule has 9 heteroatoms. The average molecular weight is 640 g/mol. The van der Waals surface area contributed by atoms with Crippen molar-refractivity contribution in [2.24, 2.45) is 0 Å². The van der Waals surface area contributed by atoms with Crippen molar-refractivity contribution in [2.45, 2.75) is 17.8 Å². The minimum absolute atomic E-state index is 0.0345. The molecule has 0 spiro atoms. The number of amides is 2. The normalized spacial score (nSPS) is 17.8. The molecule has 1 saturated heterocycles. The Hall–Kier alpha value is -3.97. The number of carbonyl (C=O) groups excluding carboxylic acids is 3. The van der Waals surface area contributed by atoms with Gasteiger partial charge in [-0.1, -0.05) is 73.3 Å². The van der Waals surface area contributed by atoms with Crippen LogP contribution in [0.2, 0.25) is 0 Å². The fourth-order valence-electron chi connectivity index (χ4n) is 5.85. The molecule has 0 radical (unpaired) electrons. The summed E-state index contributed by atoms with van der Waals surface area (Å²) in [5.74, 6) is -0.528. The Bertz CT molecular complexity index is 1580. The summed E-state index contributed by atoms with van der Waals surface area (Å²) in [5, 5.41) is 8.01. The number of hydrogen-bond acceptors (Lipinski definition) is 6. The number of benzene rings is 3. The number of ether oxygens (including phenoxy) is 1. The first-order chi connectivity index (χ1) is 21.5. The molecular weight excluding hydrogens is 608 g/mol. The molecule has 222 valence electrons. The first-order valence-electron chi connectivity index (χ1n) is 14.3. The summed E-state index contributed by atoms with van der Waals surface area (Å²) < 4.78 is 5.59. The van der Waals surface area contributed by atoms with Gasteiger partial charge >= 0.3 is 5.97 Å². The van der Waals surface area contributed by atoms with Gasteiger partial charge in [-0.05, 0) is 47.8 Å². The van der Waals surface area contributed by atoms with Crippen molar-refractivity contribution in [3.63, 3.8) is 0 Å². The molecule has 2 amide bonds. The number of nitrogens with one attached hydrogen (secondary N) is 1. The van der Waals surface area contributed by atoms with E-state index in [4.69, 9.17) is 4.74 Å². The van der Waals surface area contributed by atoms with E-state index < -0.39 is 19.3 Å². The largest absolute Gasteiger partial charge is 0.457 e. The highest BCUT2D eigenvalue weighted by molar-refractivity contribution is 8.00. The van der Waals surface area contributed by atoms with Gasteiger partial charge in [0.2, 0.25) is 5.91 Å². The van der Waals surface area contributed by atoms with Crippen LogP contribution in [0.15, 0.2) is 132 Å². The standard InChI is InChI=1S/C35H31N2O4PS2/c1-2-20-41-35(40)32-25(24-44-34-31(33(39)37(32)34)36-30(38)22-29-19-12-21-43-29)23-42(26-13-6-3-7-14-26,27-15-8-4-9-16-27)28-17-10-5-11-18-28/h2-19,21,31,34H,1,20,22-24H2/p+1. The second-order valence-corrected chi connectivity index (χ2v) is 16.1. The third-order valence-electron chi connectivity index (χ3n) is 7.82. The number of rotatable bonds is 11. The van der Waals surface area contributed by atoms with Crippen LogP contribution in [0.3, 0.4) is 0 Å². The first-order valence-corrected chi connectivity index (χ1v) is 18.2. The van der Waals surface area contributed by atoms with E-state index in [1.54, 1.807) is 16.7 Å². The number of thioether (sulfide) groups is 1. The fraction of sp³-hybridized carbons (Fsp3) is 0.171. The average Bonchev–Trinajstić information content (AvgIpc) is 3.58. The highest BCUT2D eigenvalue weighted by atomic mass is 32.2. The van der Waals surface area contributed by atoms with E-state index >= 15 is 0 Å². The van der Waals surface area contributed by atoms with Crippen molar-refractivity contribution in [3.8, 4) is 0 Å². The molecule has 3 heterocycles. The van der Waals surface area contributed by atoms with Crippen LogP contribution < -0.4 is 21.2 Å². The smallest absolute Gasteiger partial charge is 0.355 e. The van der Waals surface area contributed by atoms with Gasteiger partial charge in [-0.25, -0.2) is 4.79 Å². The van der Waals surface area contributed by atoms with Crippen LogP contribution in [0.4, 0.5) is 0 Å². The summed E-state index contributed by atoms with van der Waals surface area (Å²) >= 11 is 3.08. The fourth-order valence-corrected chi connectivity index (χ4v) is 12.4. The lowest BCUT2D eigenvalue weighted by molar-refractivity contribution is -0.152. The van der Waals surface area contributed by atoms with Gasteiger partial charge in [0, 0.05) is 16.2 Å². The number of carbonyl (C=O) groups is 3. The number of nitrogens with zero attached hydrogens (tertiary/aromatic N) is 1. The molecule has 2 aliphatic heterocycles. The third-order valence-corrected chi connectivity index (χ3v) is 14.4. The summed E-state index contributed by atoms with van der Waals surface area (Å²) in [7, 11) is -2.34. The van der Waals surface area contributed by atoms with Crippen molar-refractivity contribution in [1.29, 1.82) is 0 Å². The van der Waals surface area contributed by atoms with E-state index in [0.29, 0.717) is 11.9 Å². The number of fused-ring (bicyclic) bond motifs is 1. The van der Waals surface area contributed by atoms with Crippen LogP contribution >= 0.6 is 30.4 Å². The van der Waals surface area contributed by atoms with Crippen molar-refractivity contribution in [1.82, 2.24) is 10.2 Å². The molecule has 2 aliphatic rings. The van der Waals surface area contributed by atoms with Crippen molar-refractivity contribution in [2.75, 3.05) is 18.5 Å². The van der Waals surface area contributed by atoms with Crippen molar-refractivity contribution < 1.29 is 19.1 Å². The Morgan fingerprint density at radius 1 is 0.909 bits per heavy atom. The van der Waals surface area contributed by atoms with E-state index in [1.165, 1.54) is 33.3 Å². The van der Waals surface area contributed by atoms with Crippen molar-refractivity contribution in [3.05, 3.63) is 137 Å². The summed E-state index contributed by atoms with van der Waals surface area (Å²) in [6.07, 6.45) is 2.29. The SMILES string of the molecule is C=CCOC(=O)C1=C(C[P+](c2ccccc2)(c2ccccc2)c2ccccc2)CSC2C(NC(=O)Cc3cccs3)C(=O)N12. The molecule has 4 aromatic rings. The monoisotopic (exact) mass is 639 g/mol. The minimum Gasteiger partial charge on any atom is -0.457 e. The molecular formula is C35H32N2O4PS2+. The van der Waals surface area contributed by atoms with Crippen LogP contribution in [0, 0.1) is 0 Å². The lowest BCUT2D eigenvalue weighted by Crippen LogP contribution is -2.70. The molecule has 0 saturated carbocycles. The Labute approximate surface area is 266 Å². The Balaban J connectivity index is 1.42. The Morgan fingerprint density at radius 3 is 2.02 bits per heavy atom. The van der Waals surface area contributed by atoms with Crippen molar-refractivity contribution >= 4 is 64.1 Å². The van der Waals surface area contributed by atoms with Gasteiger partial charge in [0.05, 0.1) is 12.6 Å². The van der Waals surface area contributed by atoms with Gasteiger partial charge in [-0.15, -0.1) is 23.1 Å². The molecule has 1 N–H and O–H groups in total. The zero-order chi connectivity index (χ0) is 30.5. The van der Waals surface area contributed by atoms with Gasteiger partial charge in [0.15, 0.2) is 0 Å². The van der Waals surface area contributed by atoms with Gasteiger partial charge in [0.1, 0.15) is 46.9 Å². The lowest BCUT2D eigenvalue weighted by atomic mass is 10.0. The third kappa shape index (κ3) is 5.77. The van der Waals surface area contributed by atoms with Crippen LogP contribution in [0.25, 0.3) is 0 Å². The van der Waals surface area contributed by atoms with E-state index in [9.17, 15) is 14.4 Å². The van der Waals surface area contributed by atoms with Gasteiger partial charge in [-0.2, -0.15) is 0 Å². The maximum absolute atomic E-state index is 13.7. The second-order valence-electron chi connectivity index (χ2n) is 10.5. The van der Waals surface area contributed by atoms with Gasteiger partial charge < -0.3 is 10.1 Å². The van der Waals surface area contributed by atoms with Crippen LogP contribution in [-0.2, 0) is 25.5 Å². The van der Waals surface area contributed by atoms with Gasteiger partial charge in [0.25, 0.3) is 5.91 Å². The quantitative estimate of drug-likeness (QED) is 0.112. The van der Waals surface area contributed by atoms with Crippen LogP contribution in [0.1, 0.15) is 4.88 Å². The zero-order valence-electron chi connectivity index (χ0n) is 24.0. The first kappa shape index (κ1) is 30.1. The zero-order valence-corrected chi connectivity index (χ0v) is 26.5. The number of esters is 1. The Kier molecular flexibility index (Phi) is 9.12. The summed E-state index contributed by atoms with van der Waals surface area (Å²) in [6.45, 7) is 3.73. The predicted octanol–water partition coefficient (Wildman–Crippen LogP) is 4.67. The number of hydrogen-bond donors (Lipinski definition) is 1. The number of thiophene rings is 1. The van der Waals surface area contributed by atoms with Crippen LogP contribution in [0.5, 0.6) is 0 Å². The van der Waals surface area contributed by atoms with Crippen LogP contribution in [-0.4, -0.2) is 52.6 Å². The van der Waals surface area contributed by atoms with Gasteiger partial charge in [-0.3, -0.25) is 14.5 Å². The molecule has 1 fully saturated rings. The molecule has 6 rings (SSSR count). The van der Waals surface area contributed by atoms with E-state index in [1.807, 2.05) is 35.7 Å². The van der Waals surface area contributed by atoms with E-state index in [-0.39, 0.29) is 35.9 Å². The molecule has 3 aromatic carbocycles. The molecule has 0 aliphatic carbocycles. The molecule has 2 atom stereocenters. The molecule has 6 nitrogen and oxygen atoms in total. The second kappa shape index (κ2) is 13.3. The van der Waals surface area contributed by atoms with E-state index in [0.717, 1.165) is 10.5 Å². The highest BCUT2D eigenvalue weighted by Gasteiger charge is 2.56. The molecule has 2 unspecified atom stereocenters. The minimum atomic E-state index is -2.34. The predicted molar refractivity (Wildman–Crippen MR) is 181 cm³/mol. The molecule has 0 bridgehead atoms. The Morgan fingerprint density at radius 2 is 1.50 bits per heavy atom. The summed E-state index contributed by atoms with van der Waals surface area (Å²) in [6, 6.07) is 34.4. The molecule has 1 aromatic heterocycles. The number of β-lactam (4-membered cyclic amide) rings is 1. The highest BCUT2D eigenvalue weighted by Crippen LogP contribution is 2.58. The summed E-state index contributed by atoms with van der Waals surface area (Å²) in [4.78, 5) is 42.7. The maximum atomic E-state index is 13.7. The maximum Gasteiger partial charge on any atom is 0.355 e. The molecule has 44 heavy (non-hydrogen) atoms. The lowest BCUT2D eigenvalue weighted by Gasteiger charge is -2.50.